The lowest BCUT2D eigenvalue weighted by Crippen LogP contribution is -2.12. The van der Waals surface area contributed by atoms with Gasteiger partial charge in [0.15, 0.2) is 11.5 Å². The molecule has 0 saturated carbocycles. The van der Waals surface area contributed by atoms with Gasteiger partial charge in [-0.2, -0.15) is 11.3 Å². The van der Waals surface area contributed by atoms with Crippen LogP contribution in [0.4, 0.5) is 0 Å². The van der Waals surface area contributed by atoms with Gasteiger partial charge in [0.1, 0.15) is 0 Å². The van der Waals surface area contributed by atoms with Gasteiger partial charge in [-0.25, -0.2) is 0 Å². The van der Waals surface area contributed by atoms with E-state index in [2.05, 4.69) is 11.4 Å². The van der Waals surface area contributed by atoms with Crippen LogP contribution in [-0.4, -0.2) is 14.2 Å². The van der Waals surface area contributed by atoms with E-state index in [1.54, 1.807) is 25.6 Å². The maximum atomic E-state index is 6.17. The van der Waals surface area contributed by atoms with Crippen LogP contribution < -0.4 is 15.2 Å². The first-order chi connectivity index (χ1) is 8.74. The summed E-state index contributed by atoms with van der Waals surface area (Å²) in [6.07, 6.45) is 0.789. The molecule has 1 unspecified atom stereocenters. The number of hydrogen-bond donors (Lipinski definition) is 1. The summed E-state index contributed by atoms with van der Waals surface area (Å²) in [5.41, 5.74) is 8.49. The van der Waals surface area contributed by atoms with Crippen molar-refractivity contribution in [1.82, 2.24) is 0 Å². The molecule has 2 aromatic rings. The van der Waals surface area contributed by atoms with Gasteiger partial charge in [0.2, 0.25) is 0 Å². The van der Waals surface area contributed by atoms with Gasteiger partial charge in [0.25, 0.3) is 0 Å². The highest BCUT2D eigenvalue weighted by Crippen LogP contribution is 2.29. The molecule has 0 amide bonds. The fraction of sp³-hybridized carbons (Fsp3) is 0.286. The number of rotatable bonds is 5. The highest BCUT2D eigenvalue weighted by atomic mass is 32.1. The van der Waals surface area contributed by atoms with Crippen molar-refractivity contribution in [3.63, 3.8) is 0 Å². The van der Waals surface area contributed by atoms with Gasteiger partial charge >= 0.3 is 0 Å². The van der Waals surface area contributed by atoms with Crippen molar-refractivity contribution < 1.29 is 9.47 Å². The highest BCUT2D eigenvalue weighted by Gasteiger charge is 2.10. The zero-order valence-electron chi connectivity index (χ0n) is 10.6. The van der Waals surface area contributed by atoms with Crippen molar-refractivity contribution in [3.05, 3.63) is 46.2 Å². The minimum atomic E-state index is 0.0225. The Morgan fingerprint density at radius 2 is 1.94 bits per heavy atom. The normalized spacial score (nSPS) is 12.2. The molecule has 0 fully saturated rings. The van der Waals surface area contributed by atoms with Crippen LogP contribution in [-0.2, 0) is 6.42 Å². The van der Waals surface area contributed by atoms with Gasteiger partial charge in [-0.1, -0.05) is 6.07 Å². The summed E-state index contributed by atoms with van der Waals surface area (Å²) in [7, 11) is 3.27. The van der Waals surface area contributed by atoms with Gasteiger partial charge in [-0.15, -0.1) is 0 Å². The number of thiophene rings is 1. The third-order valence-corrected chi connectivity index (χ3v) is 3.58. The molecule has 0 aliphatic rings. The Balaban J connectivity index is 2.14. The predicted octanol–water partition coefficient (Wildman–Crippen LogP) is 3.01. The van der Waals surface area contributed by atoms with Crippen LogP contribution in [0.5, 0.6) is 11.5 Å². The van der Waals surface area contributed by atoms with E-state index in [1.165, 1.54) is 5.56 Å². The Morgan fingerprint density at radius 1 is 1.17 bits per heavy atom. The van der Waals surface area contributed by atoms with E-state index in [9.17, 15) is 0 Å². The topological polar surface area (TPSA) is 44.5 Å². The minimum absolute atomic E-state index is 0.0225. The second-order valence-electron chi connectivity index (χ2n) is 4.06. The van der Waals surface area contributed by atoms with Gasteiger partial charge in [-0.05, 0) is 46.5 Å². The highest BCUT2D eigenvalue weighted by molar-refractivity contribution is 7.07. The lowest BCUT2D eigenvalue weighted by Gasteiger charge is -2.13. The van der Waals surface area contributed by atoms with Crippen molar-refractivity contribution in [1.29, 1.82) is 0 Å². The first-order valence-electron chi connectivity index (χ1n) is 5.73. The van der Waals surface area contributed by atoms with Crippen molar-refractivity contribution in [2.45, 2.75) is 12.5 Å². The molecule has 1 aromatic carbocycles. The first-order valence-corrected chi connectivity index (χ1v) is 6.67. The number of ether oxygens (including phenoxy) is 2. The zero-order valence-corrected chi connectivity index (χ0v) is 11.4. The summed E-state index contributed by atoms with van der Waals surface area (Å²) in [6, 6.07) is 8.00. The Morgan fingerprint density at radius 3 is 2.56 bits per heavy atom. The Bertz CT molecular complexity index is 497. The smallest absolute Gasteiger partial charge is 0.160 e. The predicted molar refractivity (Wildman–Crippen MR) is 74.5 cm³/mol. The molecule has 0 bridgehead atoms. The zero-order chi connectivity index (χ0) is 13.0. The van der Waals surface area contributed by atoms with Gasteiger partial charge < -0.3 is 15.2 Å². The van der Waals surface area contributed by atoms with E-state index in [1.807, 2.05) is 23.6 Å². The third-order valence-electron chi connectivity index (χ3n) is 2.87. The van der Waals surface area contributed by atoms with Crippen LogP contribution in [0.1, 0.15) is 17.2 Å². The van der Waals surface area contributed by atoms with Crippen LogP contribution in [0.2, 0.25) is 0 Å². The molecule has 2 N–H and O–H groups in total. The molecule has 1 aromatic heterocycles. The maximum Gasteiger partial charge on any atom is 0.160 e. The molecular weight excluding hydrogens is 246 g/mol. The summed E-state index contributed by atoms with van der Waals surface area (Å²) in [4.78, 5) is 0. The molecule has 1 atom stereocenters. The number of nitrogens with two attached hydrogens (primary N) is 1. The van der Waals surface area contributed by atoms with Crippen molar-refractivity contribution >= 4 is 11.3 Å². The maximum absolute atomic E-state index is 6.17. The molecule has 0 aliphatic carbocycles. The summed E-state index contributed by atoms with van der Waals surface area (Å²) in [5.74, 6) is 1.48. The monoisotopic (exact) mass is 263 g/mol. The minimum Gasteiger partial charge on any atom is -0.493 e. The number of hydrogen-bond acceptors (Lipinski definition) is 4. The summed E-state index contributed by atoms with van der Waals surface area (Å²) in [5, 5.41) is 4.13. The lowest BCUT2D eigenvalue weighted by atomic mass is 10.0. The van der Waals surface area contributed by atoms with E-state index in [0.717, 1.165) is 23.5 Å². The molecule has 0 radical (unpaired) electrons. The molecule has 3 nitrogen and oxygen atoms in total. The van der Waals surface area contributed by atoms with E-state index >= 15 is 0 Å². The fourth-order valence-corrected chi connectivity index (χ4v) is 2.59. The molecule has 0 aliphatic heterocycles. The van der Waals surface area contributed by atoms with E-state index in [0.29, 0.717) is 0 Å². The summed E-state index contributed by atoms with van der Waals surface area (Å²) in [6.45, 7) is 0. The van der Waals surface area contributed by atoms with Crippen LogP contribution in [0.25, 0.3) is 0 Å². The molecule has 4 heteroatoms. The number of benzene rings is 1. The fourth-order valence-electron chi connectivity index (χ4n) is 1.87. The molecule has 0 spiro atoms. The van der Waals surface area contributed by atoms with Crippen LogP contribution in [0.15, 0.2) is 35.0 Å². The molecular formula is C14H17NO2S. The average Bonchev–Trinajstić information content (AvgIpc) is 2.92. The second kappa shape index (κ2) is 5.89. The number of methoxy groups -OCH3 is 2. The van der Waals surface area contributed by atoms with Crippen molar-refractivity contribution in [3.8, 4) is 11.5 Å². The molecule has 2 rings (SSSR count). The Kier molecular flexibility index (Phi) is 4.23. The first kappa shape index (κ1) is 12.9. The van der Waals surface area contributed by atoms with E-state index in [-0.39, 0.29) is 6.04 Å². The van der Waals surface area contributed by atoms with Gasteiger partial charge in [0.05, 0.1) is 14.2 Å². The molecule has 96 valence electrons. The van der Waals surface area contributed by atoms with Crippen LogP contribution in [0, 0.1) is 0 Å². The van der Waals surface area contributed by atoms with E-state index in [4.69, 9.17) is 15.2 Å². The summed E-state index contributed by atoms with van der Waals surface area (Å²) < 4.78 is 10.5. The SMILES string of the molecule is COc1ccc(CC(N)c2ccsc2)cc1OC. The standard InChI is InChI=1S/C14H17NO2S/c1-16-13-4-3-10(8-14(13)17-2)7-12(15)11-5-6-18-9-11/h3-6,8-9,12H,7,15H2,1-2H3. The average molecular weight is 263 g/mol. The Labute approximate surface area is 111 Å². The molecule has 1 heterocycles. The quantitative estimate of drug-likeness (QED) is 0.902. The lowest BCUT2D eigenvalue weighted by molar-refractivity contribution is 0.354. The summed E-state index contributed by atoms with van der Waals surface area (Å²) >= 11 is 1.67. The van der Waals surface area contributed by atoms with E-state index < -0.39 is 0 Å². The Hall–Kier alpha value is -1.52. The van der Waals surface area contributed by atoms with Gasteiger partial charge in [0, 0.05) is 6.04 Å². The van der Waals surface area contributed by atoms with Crippen molar-refractivity contribution in [2.75, 3.05) is 14.2 Å². The third kappa shape index (κ3) is 2.83. The van der Waals surface area contributed by atoms with Gasteiger partial charge in [-0.3, -0.25) is 0 Å². The largest absolute Gasteiger partial charge is 0.493 e. The van der Waals surface area contributed by atoms with Crippen LogP contribution in [0.3, 0.4) is 0 Å². The van der Waals surface area contributed by atoms with Crippen LogP contribution >= 0.6 is 11.3 Å². The second-order valence-corrected chi connectivity index (χ2v) is 4.84. The van der Waals surface area contributed by atoms with Crippen molar-refractivity contribution in [2.24, 2.45) is 5.73 Å². The molecule has 18 heavy (non-hydrogen) atoms. The molecule has 0 saturated heterocycles.